The molecule has 0 aromatic heterocycles. The zero-order valence-electron chi connectivity index (χ0n) is 10.3. The van der Waals surface area contributed by atoms with Crippen molar-refractivity contribution in [1.29, 1.82) is 0 Å². The highest BCUT2D eigenvalue weighted by Crippen LogP contribution is 2.37. The van der Waals surface area contributed by atoms with Crippen LogP contribution in [0.15, 0.2) is 0 Å². The summed E-state index contributed by atoms with van der Waals surface area (Å²) in [6.45, 7) is 8.47. The molecule has 0 heterocycles. The SMILES string of the molecule is CNCCC(C)C1CCC(C)C(C)C1. The van der Waals surface area contributed by atoms with Crippen LogP contribution < -0.4 is 5.32 Å². The smallest absolute Gasteiger partial charge is 0.00493 e. The van der Waals surface area contributed by atoms with Gasteiger partial charge in [-0.3, -0.25) is 0 Å². The van der Waals surface area contributed by atoms with Gasteiger partial charge in [-0.25, -0.2) is 0 Å². The first-order valence-corrected chi connectivity index (χ1v) is 6.29. The van der Waals surface area contributed by atoms with E-state index in [-0.39, 0.29) is 0 Å². The topological polar surface area (TPSA) is 12.0 Å². The van der Waals surface area contributed by atoms with Crippen LogP contribution in [0.25, 0.3) is 0 Å². The maximum atomic E-state index is 3.26. The van der Waals surface area contributed by atoms with Crippen LogP contribution >= 0.6 is 0 Å². The average molecular weight is 197 g/mol. The second-order valence-electron chi connectivity index (χ2n) is 5.40. The molecule has 1 fully saturated rings. The highest BCUT2D eigenvalue weighted by atomic mass is 14.8. The molecule has 0 radical (unpaired) electrons. The van der Waals surface area contributed by atoms with Gasteiger partial charge in [-0.1, -0.05) is 27.2 Å². The van der Waals surface area contributed by atoms with Crippen LogP contribution in [0.5, 0.6) is 0 Å². The molecule has 0 aliphatic heterocycles. The lowest BCUT2D eigenvalue weighted by molar-refractivity contribution is 0.159. The molecule has 0 aromatic rings. The van der Waals surface area contributed by atoms with Crippen molar-refractivity contribution >= 4 is 0 Å². The average Bonchev–Trinajstić information content (AvgIpc) is 2.18. The third-order valence-electron chi connectivity index (χ3n) is 4.29. The van der Waals surface area contributed by atoms with Gasteiger partial charge in [0, 0.05) is 0 Å². The van der Waals surface area contributed by atoms with Gasteiger partial charge in [-0.15, -0.1) is 0 Å². The Morgan fingerprint density at radius 2 is 1.93 bits per heavy atom. The van der Waals surface area contributed by atoms with Crippen LogP contribution in [0.4, 0.5) is 0 Å². The van der Waals surface area contributed by atoms with E-state index in [1.807, 2.05) is 0 Å². The Labute approximate surface area is 89.7 Å². The van der Waals surface area contributed by atoms with Crippen molar-refractivity contribution in [2.75, 3.05) is 13.6 Å². The molecule has 1 aliphatic carbocycles. The summed E-state index contributed by atoms with van der Waals surface area (Å²) in [5, 5.41) is 3.26. The quantitative estimate of drug-likeness (QED) is 0.729. The summed E-state index contributed by atoms with van der Waals surface area (Å²) in [5.41, 5.74) is 0. The van der Waals surface area contributed by atoms with E-state index in [9.17, 15) is 0 Å². The largest absolute Gasteiger partial charge is 0.320 e. The Bertz CT molecular complexity index is 155. The Morgan fingerprint density at radius 3 is 2.50 bits per heavy atom. The van der Waals surface area contributed by atoms with Crippen LogP contribution in [-0.4, -0.2) is 13.6 Å². The first kappa shape index (κ1) is 12.0. The summed E-state index contributed by atoms with van der Waals surface area (Å²) in [6.07, 6.45) is 5.74. The van der Waals surface area contributed by atoms with Crippen LogP contribution in [0.1, 0.15) is 46.5 Å². The highest BCUT2D eigenvalue weighted by molar-refractivity contribution is 4.78. The van der Waals surface area contributed by atoms with Gasteiger partial charge in [-0.2, -0.15) is 0 Å². The number of hydrogen-bond donors (Lipinski definition) is 1. The maximum absolute atomic E-state index is 3.26. The van der Waals surface area contributed by atoms with E-state index < -0.39 is 0 Å². The summed E-state index contributed by atoms with van der Waals surface area (Å²) in [7, 11) is 2.05. The normalized spacial score (nSPS) is 35.6. The standard InChI is InChI=1S/C13H27N/c1-10-5-6-13(9-12(10)3)11(2)7-8-14-4/h10-14H,5-9H2,1-4H3. The minimum Gasteiger partial charge on any atom is -0.320 e. The molecule has 84 valence electrons. The Kier molecular flexibility index (Phi) is 4.94. The Morgan fingerprint density at radius 1 is 1.21 bits per heavy atom. The van der Waals surface area contributed by atoms with Crippen LogP contribution in [0.3, 0.4) is 0 Å². The molecule has 0 amide bonds. The molecule has 1 N–H and O–H groups in total. The summed E-state index contributed by atoms with van der Waals surface area (Å²) >= 11 is 0. The molecular formula is C13H27N. The van der Waals surface area contributed by atoms with Crippen molar-refractivity contribution in [2.24, 2.45) is 23.7 Å². The zero-order chi connectivity index (χ0) is 10.6. The monoisotopic (exact) mass is 197 g/mol. The van der Waals surface area contributed by atoms with Gasteiger partial charge in [0.2, 0.25) is 0 Å². The van der Waals surface area contributed by atoms with E-state index in [4.69, 9.17) is 0 Å². The van der Waals surface area contributed by atoms with Crippen LogP contribution in [-0.2, 0) is 0 Å². The number of hydrogen-bond acceptors (Lipinski definition) is 1. The third kappa shape index (κ3) is 3.27. The van der Waals surface area contributed by atoms with E-state index in [0.29, 0.717) is 0 Å². The van der Waals surface area contributed by atoms with Crippen molar-refractivity contribution in [3.05, 3.63) is 0 Å². The van der Waals surface area contributed by atoms with Crippen molar-refractivity contribution in [3.8, 4) is 0 Å². The lowest BCUT2D eigenvalue weighted by Crippen LogP contribution is -2.26. The fourth-order valence-corrected chi connectivity index (χ4v) is 2.71. The third-order valence-corrected chi connectivity index (χ3v) is 4.29. The molecule has 1 rings (SSSR count). The zero-order valence-corrected chi connectivity index (χ0v) is 10.3. The van der Waals surface area contributed by atoms with Crippen molar-refractivity contribution < 1.29 is 0 Å². The summed E-state index contributed by atoms with van der Waals surface area (Å²) in [6, 6.07) is 0. The minimum atomic E-state index is 0.914. The molecule has 0 bridgehead atoms. The molecule has 0 saturated heterocycles. The van der Waals surface area contributed by atoms with Crippen molar-refractivity contribution in [1.82, 2.24) is 5.32 Å². The Hall–Kier alpha value is -0.0400. The molecule has 1 heteroatoms. The molecule has 4 atom stereocenters. The van der Waals surface area contributed by atoms with Gasteiger partial charge in [0.15, 0.2) is 0 Å². The highest BCUT2D eigenvalue weighted by Gasteiger charge is 2.27. The van der Waals surface area contributed by atoms with Crippen molar-refractivity contribution in [3.63, 3.8) is 0 Å². The predicted molar refractivity (Wildman–Crippen MR) is 63.4 cm³/mol. The first-order chi connectivity index (χ1) is 6.65. The van der Waals surface area contributed by atoms with Gasteiger partial charge >= 0.3 is 0 Å². The minimum absolute atomic E-state index is 0.914. The number of nitrogens with one attached hydrogen (secondary N) is 1. The summed E-state index contributed by atoms with van der Waals surface area (Å²) < 4.78 is 0. The molecule has 1 aliphatic rings. The summed E-state index contributed by atoms with van der Waals surface area (Å²) in [5.74, 6) is 3.82. The van der Waals surface area contributed by atoms with E-state index >= 15 is 0 Å². The van der Waals surface area contributed by atoms with E-state index in [1.165, 1.54) is 32.2 Å². The molecule has 0 spiro atoms. The van der Waals surface area contributed by atoms with Crippen LogP contribution in [0, 0.1) is 23.7 Å². The molecule has 1 nitrogen and oxygen atoms in total. The lowest BCUT2D eigenvalue weighted by atomic mass is 9.71. The molecule has 4 unspecified atom stereocenters. The van der Waals surface area contributed by atoms with E-state index in [0.717, 1.165) is 23.7 Å². The second kappa shape index (κ2) is 5.75. The van der Waals surface area contributed by atoms with Crippen LogP contribution in [0.2, 0.25) is 0 Å². The fourth-order valence-electron chi connectivity index (χ4n) is 2.71. The summed E-state index contributed by atoms with van der Waals surface area (Å²) in [4.78, 5) is 0. The molecule has 14 heavy (non-hydrogen) atoms. The Balaban J connectivity index is 2.30. The van der Waals surface area contributed by atoms with Gasteiger partial charge in [-0.05, 0) is 56.5 Å². The first-order valence-electron chi connectivity index (χ1n) is 6.29. The maximum Gasteiger partial charge on any atom is -0.00493 e. The second-order valence-corrected chi connectivity index (χ2v) is 5.40. The van der Waals surface area contributed by atoms with Gasteiger partial charge in [0.25, 0.3) is 0 Å². The van der Waals surface area contributed by atoms with Gasteiger partial charge in [0.05, 0.1) is 0 Å². The molecular weight excluding hydrogens is 170 g/mol. The van der Waals surface area contributed by atoms with E-state index in [1.54, 1.807) is 0 Å². The predicted octanol–water partition coefficient (Wildman–Crippen LogP) is 3.30. The number of rotatable bonds is 4. The lowest BCUT2D eigenvalue weighted by Gasteiger charge is -2.35. The van der Waals surface area contributed by atoms with Gasteiger partial charge in [0.1, 0.15) is 0 Å². The molecule has 1 saturated carbocycles. The van der Waals surface area contributed by atoms with Crippen molar-refractivity contribution in [2.45, 2.75) is 46.5 Å². The molecule has 0 aromatic carbocycles. The van der Waals surface area contributed by atoms with Gasteiger partial charge < -0.3 is 5.32 Å². The van der Waals surface area contributed by atoms with E-state index in [2.05, 4.69) is 33.1 Å². The fraction of sp³-hybridized carbons (Fsp3) is 1.00.